The minimum atomic E-state index is -3.61. The van der Waals surface area contributed by atoms with Crippen LogP contribution in [-0.2, 0) is 26.2 Å². The van der Waals surface area contributed by atoms with Gasteiger partial charge in [-0.3, -0.25) is 13.9 Å². The first-order chi connectivity index (χ1) is 17.5. The summed E-state index contributed by atoms with van der Waals surface area (Å²) in [6, 6.07) is 11.7. The fraction of sp³-hybridized carbons (Fsp3) is 0.481. The van der Waals surface area contributed by atoms with Crippen molar-refractivity contribution in [1.29, 1.82) is 0 Å². The Kier molecular flexibility index (Phi) is 11.4. The lowest BCUT2D eigenvalue weighted by atomic mass is 10.1. The summed E-state index contributed by atoms with van der Waals surface area (Å²) in [5.74, 6) is -0.400. The van der Waals surface area contributed by atoms with Gasteiger partial charge in [0, 0.05) is 31.6 Å². The van der Waals surface area contributed by atoms with Crippen molar-refractivity contribution in [3.05, 3.63) is 59.9 Å². The molecule has 2 rings (SSSR count). The van der Waals surface area contributed by atoms with Gasteiger partial charge in [0.25, 0.3) is 0 Å². The molecule has 2 atom stereocenters. The van der Waals surface area contributed by atoms with Crippen LogP contribution in [0.2, 0.25) is 0 Å². The average Bonchev–Trinajstić information content (AvgIpc) is 2.86. The third-order valence-electron chi connectivity index (χ3n) is 6.15. The number of hydrogen-bond acceptors (Lipinski definition) is 5. The molecule has 1 N–H and O–H groups in total. The van der Waals surface area contributed by atoms with Crippen LogP contribution in [0.4, 0.5) is 10.1 Å². The van der Waals surface area contributed by atoms with Crippen LogP contribution in [0.3, 0.4) is 0 Å². The molecule has 2 amide bonds. The smallest absolute Gasteiger partial charge is 0.243 e. The third-order valence-corrected chi connectivity index (χ3v) is 7.34. The van der Waals surface area contributed by atoms with Gasteiger partial charge in [-0.05, 0) is 56.0 Å². The van der Waals surface area contributed by atoms with Crippen molar-refractivity contribution in [2.45, 2.75) is 65.1 Å². The number of carbonyl (C=O) groups excluding carboxylic acids is 2. The van der Waals surface area contributed by atoms with E-state index >= 15 is 0 Å². The van der Waals surface area contributed by atoms with E-state index in [4.69, 9.17) is 4.74 Å². The summed E-state index contributed by atoms with van der Waals surface area (Å²) in [7, 11) is -2.11. The number of amides is 2. The number of ether oxygens (including phenoxy) is 1. The fourth-order valence-corrected chi connectivity index (χ4v) is 4.87. The monoisotopic (exact) mass is 535 g/mol. The Labute approximate surface area is 219 Å². The number of nitrogens with zero attached hydrogens (tertiary/aromatic N) is 2. The number of nitrogens with one attached hydrogen (secondary N) is 1. The number of carbonyl (C=O) groups is 2. The number of benzene rings is 2. The van der Waals surface area contributed by atoms with Crippen LogP contribution < -0.4 is 14.4 Å². The maximum atomic E-state index is 13.4. The highest BCUT2D eigenvalue weighted by atomic mass is 32.2. The molecule has 0 saturated heterocycles. The molecular weight excluding hydrogens is 497 g/mol. The predicted octanol–water partition coefficient (Wildman–Crippen LogP) is 4.10. The van der Waals surface area contributed by atoms with Crippen molar-refractivity contribution < 1.29 is 27.1 Å². The number of anilines is 1. The van der Waals surface area contributed by atoms with Crippen LogP contribution in [0.15, 0.2) is 48.5 Å². The molecule has 0 aromatic heterocycles. The first-order valence-corrected chi connectivity index (χ1v) is 14.3. The summed E-state index contributed by atoms with van der Waals surface area (Å²) >= 11 is 0. The molecule has 0 saturated carbocycles. The molecule has 0 radical (unpaired) electrons. The van der Waals surface area contributed by atoms with E-state index < -0.39 is 16.1 Å². The first-order valence-electron chi connectivity index (χ1n) is 12.5. The van der Waals surface area contributed by atoms with Crippen LogP contribution in [0.25, 0.3) is 0 Å². The molecule has 0 aliphatic carbocycles. The van der Waals surface area contributed by atoms with Crippen LogP contribution >= 0.6 is 0 Å². The second-order valence-electron chi connectivity index (χ2n) is 9.03. The summed E-state index contributed by atoms with van der Waals surface area (Å²) in [6.07, 6.45) is 2.53. The second-order valence-corrected chi connectivity index (χ2v) is 10.9. The highest BCUT2D eigenvalue weighted by Gasteiger charge is 2.29. The Bertz CT molecular complexity index is 1140. The Morgan fingerprint density at radius 3 is 2.32 bits per heavy atom. The van der Waals surface area contributed by atoms with Crippen molar-refractivity contribution in [2.24, 2.45) is 0 Å². The zero-order chi connectivity index (χ0) is 27.6. The molecule has 204 valence electrons. The normalized spacial score (nSPS) is 12.9. The summed E-state index contributed by atoms with van der Waals surface area (Å²) in [5, 5.41) is 2.95. The molecule has 0 aliphatic heterocycles. The van der Waals surface area contributed by atoms with E-state index in [0.29, 0.717) is 23.4 Å². The quantitative estimate of drug-likeness (QED) is 0.393. The van der Waals surface area contributed by atoms with Gasteiger partial charge in [-0.1, -0.05) is 32.0 Å². The van der Waals surface area contributed by atoms with E-state index in [1.807, 2.05) is 20.8 Å². The molecule has 0 unspecified atom stereocenters. The van der Waals surface area contributed by atoms with Gasteiger partial charge < -0.3 is 15.0 Å². The van der Waals surface area contributed by atoms with Crippen molar-refractivity contribution >= 4 is 27.5 Å². The maximum absolute atomic E-state index is 13.4. The molecule has 37 heavy (non-hydrogen) atoms. The molecule has 0 bridgehead atoms. The van der Waals surface area contributed by atoms with Crippen molar-refractivity contribution in [3.63, 3.8) is 0 Å². The van der Waals surface area contributed by atoms with E-state index in [1.165, 1.54) is 28.4 Å². The van der Waals surface area contributed by atoms with Crippen LogP contribution in [0.5, 0.6) is 5.75 Å². The Balaban J connectivity index is 2.22. The molecule has 0 aliphatic rings. The largest absolute Gasteiger partial charge is 0.497 e. The number of rotatable bonds is 14. The van der Waals surface area contributed by atoms with Gasteiger partial charge in [0.15, 0.2) is 0 Å². The molecule has 0 heterocycles. The standard InChI is InChI=1S/C27H38FN3O5S/c1-6-20(3)29-27(33)25(7-2)30(19-21-13-15-22(28)16-14-21)26(32)12-9-17-31(37(5,34)35)23-10-8-11-24(18-23)36-4/h8,10-11,13-16,18,20,25H,6-7,9,12,17,19H2,1-5H3,(H,29,33)/t20-,25+/m0/s1. The molecule has 8 nitrogen and oxygen atoms in total. The molecular formula is C27H38FN3O5S. The topological polar surface area (TPSA) is 96.0 Å². The minimum absolute atomic E-state index is 0.0320. The highest BCUT2D eigenvalue weighted by molar-refractivity contribution is 7.92. The van der Waals surface area contributed by atoms with Crippen molar-refractivity contribution in [3.8, 4) is 5.75 Å². The Hall–Kier alpha value is -3.14. The lowest BCUT2D eigenvalue weighted by Crippen LogP contribution is -2.50. The SMILES string of the molecule is CC[C@H](C(=O)N[C@@H](C)CC)N(Cc1ccc(F)cc1)C(=O)CCCN(c1cccc(OC)c1)S(C)(=O)=O. The van der Waals surface area contributed by atoms with E-state index in [0.717, 1.165) is 12.7 Å². The van der Waals surface area contributed by atoms with E-state index in [2.05, 4.69) is 5.32 Å². The molecule has 2 aromatic carbocycles. The summed E-state index contributed by atoms with van der Waals surface area (Å²) in [4.78, 5) is 28.0. The lowest BCUT2D eigenvalue weighted by molar-refractivity contribution is -0.141. The van der Waals surface area contributed by atoms with Crippen molar-refractivity contribution in [1.82, 2.24) is 10.2 Å². The van der Waals surface area contributed by atoms with E-state index in [1.54, 1.807) is 36.4 Å². The molecule has 0 spiro atoms. The number of sulfonamides is 1. The first kappa shape index (κ1) is 30.1. The zero-order valence-electron chi connectivity index (χ0n) is 22.2. The van der Waals surface area contributed by atoms with Crippen LogP contribution in [0.1, 0.15) is 52.0 Å². The van der Waals surface area contributed by atoms with Gasteiger partial charge in [-0.25, -0.2) is 12.8 Å². The van der Waals surface area contributed by atoms with Gasteiger partial charge in [0.05, 0.1) is 19.1 Å². The van der Waals surface area contributed by atoms with Gasteiger partial charge in [-0.2, -0.15) is 0 Å². The maximum Gasteiger partial charge on any atom is 0.243 e. The minimum Gasteiger partial charge on any atom is -0.497 e. The number of halogens is 1. The average molecular weight is 536 g/mol. The Morgan fingerprint density at radius 2 is 1.76 bits per heavy atom. The van der Waals surface area contributed by atoms with E-state index in [9.17, 15) is 22.4 Å². The zero-order valence-corrected chi connectivity index (χ0v) is 23.1. The van der Waals surface area contributed by atoms with Crippen LogP contribution in [0, 0.1) is 5.82 Å². The number of methoxy groups -OCH3 is 1. The number of hydrogen-bond donors (Lipinski definition) is 1. The molecule has 2 aromatic rings. The highest BCUT2D eigenvalue weighted by Crippen LogP contribution is 2.24. The molecule has 0 fully saturated rings. The van der Waals surface area contributed by atoms with Gasteiger partial charge in [0.1, 0.15) is 17.6 Å². The summed E-state index contributed by atoms with van der Waals surface area (Å²) < 4.78 is 44.9. The van der Waals surface area contributed by atoms with E-state index in [-0.39, 0.29) is 49.6 Å². The fourth-order valence-electron chi connectivity index (χ4n) is 3.92. The van der Waals surface area contributed by atoms with Crippen molar-refractivity contribution in [2.75, 3.05) is 24.2 Å². The Morgan fingerprint density at radius 1 is 1.08 bits per heavy atom. The summed E-state index contributed by atoms with van der Waals surface area (Å²) in [6.45, 7) is 5.91. The lowest BCUT2D eigenvalue weighted by Gasteiger charge is -2.32. The third kappa shape index (κ3) is 9.03. The second kappa shape index (κ2) is 14.0. The van der Waals surface area contributed by atoms with Crippen LogP contribution in [-0.4, -0.2) is 57.1 Å². The van der Waals surface area contributed by atoms with Gasteiger partial charge in [0.2, 0.25) is 21.8 Å². The van der Waals surface area contributed by atoms with Gasteiger partial charge >= 0.3 is 0 Å². The summed E-state index contributed by atoms with van der Waals surface area (Å²) in [5.41, 5.74) is 1.13. The molecule has 10 heteroatoms. The predicted molar refractivity (Wildman–Crippen MR) is 143 cm³/mol. The van der Waals surface area contributed by atoms with Gasteiger partial charge in [-0.15, -0.1) is 0 Å².